The van der Waals surface area contributed by atoms with Gasteiger partial charge in [0.2, 0.25) is 0 Å². The van der Waals surface area contributed by atoms with Crippen molar-refractivity contribution in [2.75, 3.05) is 33.1 Å². The maximum absolute atomic E-state index is 5.88. The van der Waals surface area contributed by atoms with Crippen LogP contribution in [-0.2, 0) is 0 Å². The lowest BCUT2D eigenvalue weighted by Gasteiger charge is -2.35. The van der Waals surface area contributed by atoms with Crippen LogP contribution in [-0.4, -0.2) is 37.5 Å². The summed E-state index contributed by atoms with van der Waals surface area (Å²) in [6.07, 6.45) is 5.52. The number of rotatable bonds is 4. The molecule has 0 N–H and O–H groups in total. The van der Waals surface area contributed by atoms with Crippen molar-refractivity contribution in [1.29, 1.82) is 0 Å². The molecule has 0 atom stereocenters. The quantitative estimate of drug-likeness (QED) is 0.503. The van der Waals surface area contributed by atoms with E-state index < -0.39 is 0 Å². The summed E-state index contributed by atoms with van der Waals surface area (Å²) in [5.41, 5.74) is 0. The second-order valence-electron chi connectivity index (χ2n) is 5.48. The zero-order valence-corrected chi connectivity index (χ0v) is 10.7. The van der Waals surface area contributed by atoms with Gasteiger partial charge in [0.1, 0.15) is 0 Å². The molecule has 0 unspecified atom stereocenters. The molecule has 1 aliphatic rings. The van der Waals surface area contributed by atoms with Crippen LogP contribution in [0.5, 0.6) is 0 Å². The molecule has 0 radical (unpaired) electrons. The molecule has 0 spiro atoms. The third-order valence-corrected chi connectivity index (χ3v) is 4.23. The number of nitrogens with zero attached hydrogens (tertiary/aromatic N) is 1. The number of halogens is 1. The highest BCUT2D eigenvalue weighted by atomic mass is 35.5. The second-order valence-corrected chi connectivity index (χ2v) is 5.78. The molecule has 0 aromatic carbocycles. The standard InChI is InChI=1S/C12H25ClN/c1-4-14(2,3)10-12-7-5-11(9-13)6-8-12/h11-12H,4-10H2,1-3H3/q+1. The highest BCUT2D eigenvalue weighted by Gasteiger charge is 2.25. The molecule has 1 rings (SSSR count). The Morgan fingerprint density at radius 3 is 2.00 bits per heavy atom. The third kappa shape index (κ3) is 3.78. The molecule has 1 aliphatic carbocycles. The lowest BCUT2D eigenvalue weighted by atomic mass is 9.82. The van der Waals surface area contributed by atoms with E-state index in [1.807, 2.05) is 0 Å². The number of hydrogen-bond acceptors (Lipinski definition) is 0. The Hall–Kier alpha value is 0.250. The largest absolute Gasteiger partial charge is 0.328 e. The average Bonchev–Trinajstić information content (AvgIpc) is 2.19. The van der Waals surface area contributed by atoms with E-state index in [1.165, 1.54) is 43.3 Å². The molecular formula is C12H25ClN+. The van der Waals surface area contributed by atoms with Crippen molar-refractivity contribution < 1.29 is 4.48 Å². The van der Waals surface area contributed by atoms with Gasteiger partial charge >= 0.3 is 0 Å². The SMILES string of the molecule is CC[N+](C)(C)CC1CCC(CCl)CC1. The van der Waals surface area contributed by atoms with Crippen molar-refractivity contribution in [3.63, 3.8) is 0 Å². The maximum atomic E-state index is 5.88. The summed E-state index contributed by atoms with van der Waals surface area (Å²) >= 11 is 5.88. The molecule has 1 nitrogen and oxygen atoms in total. The molecule has 2 heteroatoms. The van der Waals surface area contributed by atoms with Gasteiger partial charge in [-0.3, -0.25) is 0 Å². The molecule has 0 heterocycles. The molecular weight excluding hydrogens is 194 g/mol. The summed E-state index contributed by atoms with van der Waals surface area (Å²) < 4.78 is 1.18. The predicted octanol–water partition coefficient (Wildman–Crippen LogP) is 3.13. The third-order valence-electron chi connectivity index (χ3n) is 3.79. The van der Waals surface area contributed by atoms with Gasteiger partial charge in [-0.25, -0.2) is 0 Å². The van der Waals surface area contributed by atoms with Gasteiger partial charge in [0.25, 0.3) is 0 Å². The minimum atomic E-state index is 0.810. The van der Waals surface area contributed by atoms with E-state index in [1.54, 1.807) is 0 Å². The topological polar surface area (TPSA) is 0 Å². The van der Waals surface area contributed by atoms with E-state index in [0.29, 0.717) is 0 Å². The van der Waals surface area contributed by atoms with Crippen molar-refractivity contribution in [3.05, 3.63) is 0 Å². The number of alkyl halides is 1. The number of quaternary nitrogens is 1. The minimum Gasteiger partial charge on any atom is -0.328 e. The van der Waals surface area contributed by atoms with E-state index in [9.17, 15) is 0 Å². The maximum Gasteiger partial charge on any atom is 0.0811 e. The fraction of sp³-hybridized carbons (Fsp3) is 1.00. The highest BCUT2D eigenvalue weighted by molar-refractivity contribution is 6.18. The van der Waals surface area contributed by atoms with Crippen LogP contribution in [0, 0.1) is 11.8 Å². The lowest BCUT2D eigenvalue weighted by Crippen LogP contribution is -2.43. The molecule has 84 valence electrons. The first-order valence-corrected chi connectivity index (χ1v) is 6.49. The fourth-order valence-corrected chi connectivity index (χ4v) is 2.71. The van der Waals surface area contributed by atoms with Crippen molar-refractivity contribution in [2.45, 2.75) is 32.6 Å². The molecule has 0 saturated heterocycles. The van der Waals surface area contributed by atoms with Gasteiger partial charge in [-0.15, -0.1) is 11.6 Å². The summed E-state index contributed by atoms with van der Waals surface area (Å²) in [5, 5.41) is 0. The fourth-order valence-electron chi connectivity index (χ4n) is 2.40. The van der Waals surface area contributed by atoms with Gasteiger partial charge in [-0.05, 0) is 38.5 Å². The Morgan fingerprint density at radius 1 is 1.07 bits per heavy atom. The monoisotopic (exact) mass is 218 g/mol. The normalized spacial score (nSPS) is 29.1. The van der Waals surface area contributed by atoms with Crippen LogP contribution in [0.25, 0.3) is 0 Å². The molecule has 0 aliphatic heterocycles. The van der Waals surface area contributed by atoms with E-state index in [-0.39, 0.29) is 0 Å². The van der Waals surface area contributed by atoms with Gasteiger partial charge in [0.05, 0.1) is 27.2 Å². The van der Waals surface area contributed by atoms with E-state index in [0.717, 1.165) is 17.7 Å². The molecule has 0 aromatic heterocycles. The van der Waals surface area contributed by atoms with Crippen molar-refractivity contribution in [3.8, 4) is 0 Å². The van der Waals surface area contributed by atoms with Gasteiger partial charge in [-0.2, -0.15) is 0 Å². The first kappa shape index (κ1) is 12.3. The van der Waals surface area contributed by atoms with Gasteiger partial charge < -0.3 is 4.48 Å². The zero-order chi connectivity index (χ0) is 10.6. The minimum absolute atomic E-state index is 0.810. The van der Waals surface area contributed by atoms with Crippen LogP contribution in [0.4, 0.5) is 0 Å². The van der Waals surface area contributed by atoms with Crippen LogP contribution < -0.4 is 0 Å². The number of hydrogen-bond donors (Lipinski definition) is 0. The van der Waals surface area contributed by atoms with E-state index in [4.69, 9.17) is 11.6 Å². The van der Waals surface area contributed by atoms with Gasteiger partial charge in [0.15, 0.2) is 0 Å². The Kier molecular flexibility index (Phi) is 4.72. The summed E-state index contributed by atoms with van der Waals surface area (Å²) in [6.45, 7) is 4.88. The molecule has 0 bridgehead atoms. The van der Waals surface area contributed by atoms with Crippen LogP contribution in [0.1, 0.15) is 32.6 Å². The molecule has 0 amide bonds. The second kappa shape index (κ2) is 5.37. The van der Waals surface area contributed by atoms with Crippen LogP contribution in [0.2, 0.25) is 0 Å². The first-order chi connectivity index (χ1) is 6.57. The summed E-state index contributed by atoms with van der Waals surface area (Å²) in [7, 11) is 4.68. The van der Waals surface area contributed by atoms with Crippen molar-refractivity contribution in [2.24, 2.45) is 11.8 Å². The Labute approximate surface area is 94.0 Å². The average molecular weight is 219 g/mol. The predicted molar refractivity (Wildman–Crippen MR) is 63.7 cm³/mol. The Bertz CT molecular complexity index is 160. The van der Waals surface area contributed by atoms with Gasteiger partial charge in [0, 0.05) is 11.8 Å². The highest BCUT2D eigenvalue weighted by Crippen LogP contribution is 2.30. The smallest absolute Gasteiger partial charge is 0.0811 e. The molecule has 1 fully saturated rings. The lowest BCUT2D eigenvalue weighted by molar-refractivity contribution is -0.892. The summed E-state index contributed by atoms with van der Waals surface area (Å²) in [4.78, 5) is 0. The van der Waals surface area contributed by atoms with Crippen molar-refractivity contribution in [1.82, 2.24) is 0 Å². The summed E-state index contributed by atoms with van der Waals surface area (Å²) in [5.74, 6) is 2.63. The molecule has 1 saturated carbocycles. The van der Waals surface area contributed by atoms with Crippen LogP contribution in [0.3, 0.4) is 0 Å². The van der Waals surface area contributed by atoms with Crippen molar-refractivity contribution >= 4 is 11.6 Å². The van der Waals surface area contributed by atoms with Crippen LogP contribution >= 0.6 is 11.6 Å². The Balaban J connectivity index is 2.28. The van der Waals surface area contributed by atoms with E-state index in [2.05, 4.69) is 21.0 Å². The Morgan fingerprint density at radius 2 is 1.57 bits per heavy atom. The van der Waals surface area contributed by atoms with Gasteiger partial charge in [-0.1, -0.05) is 0 Å². The summed E-state index contributed by atoms with van der Waals surface area (Å²) in [6, 6.07) is 0. The zero-order valence-electron chi connectivity index (χ0n) is 9.93. The molecule has 14 heavy (non-hydrogen) atoms. The first-order valence-electron chi connectivity index (χ1n) is 5.95. The van der Waals surface area contributed by atoms with Crippen LogP contribution in [0.15, 0.2) is 0 Å². The molecule has 0 aromatic rings. The van der Waals surface area contributed by atoms with E-state index >= 15 is 0 Å².